The third-order valence-corrected chi connectivity index (χ3v) is 2.25. The average molecular weight is 247 g/mol. The number of rotatable bonds is 4. The van der Waals surface area contributed by atoms with E-state index in [1.807, 2.05) is 0 Å². The van der Waals surface area contributed by atoms with Crippen molar-refractivity contribution < 1.29 is 14.3 Å². The summed E-state index contributed by atoms with van der Waals surface area (Å²) in [6.45, 7) is 2.09. The van der Waals surface area contributed by atoms with Crippen LogP contribution in [0.3, 0.4) is 0 Å². The van der Waals surface area contributed by atoms with Gasteiger partial charge in [0, 0.05) is 12.3 Å². The highest BCUT2D eigenvalue weighted by Gasteiger charge is 2.10. The highest BCUT2D eigenvalue weighted by molar-refractivity contribution is 5.88. The maximum atomic E-state index is 11.5. The molecule has 0 bridgehead atoms. The van der Waals surface area contributed by atoms with Crippen LogP contribution in [-0.2, 0) is 4.74 Å². The molecule has 0 saturated heterocycles. The standard InChI is InChI=1S/C12H13N3O3/c1-3-18-12(16)9-7-13-15(8-9)10-5-4-6-11(14-10)17-2/h4-8H,3H2,1-2H3. The second-order valence-electron chi connectivity index (χ2n) is 3.43. The molecule has 0 aliphatic carbocycles. The monoisotopic (exact) mass is 247 g/mol. The molecule has 0 N–H and O–H groups in total. The summed E-state index contributed by atoms with van der Waals surface area (Å²) in [5.74, 6) is 0.664. The number of carbonyl (C=O) groups excluding carboxylic acids is 1. The highest BCUT2D eigenvalue weighted by Crippen LogP contribution is 2.11. The molecule has 0 fully saturated rings. The number of carbonyl (C=O) groups is 1. The van der Waals surface area contributed by atoms with E-state index in [1.54, 1.807) is 38.4 Å². The van der Waals surface area contributed by atoms with Crippen molar-refractivity contribution in [1.29, 1.82) is 0 Å². The molecule has 0 spiro atoms. The van der Waals surface area contributed by atoms with Crippen LogP contribution in [0.5, 0.6) is 5.88 Å². The lowest BCUT2D eigenvalue weighted by Crippen LogP contribution is -2.03. The van der Waals surface area contributed by atoms with E-state index in [-0.39, 0.29) is 0 Å². The maximum Gasteiger partial charge on any atom is 0.341 e. The first-order valence-corrected chi connectivity index (χ1v) is 5.47. The number of pyridine rings is 1. The molecule has 2 rings (SSSR count). The molecule has 0 saturated carbocycles. The molecule has 94 valence electrons. The summed E-state index contributed by atoms with van der Waals surface area (Å²) >= 11 is 0. The smallest absolute Gasteiger partial charge is 0.341 e. The van der Waals surface area contributed by atoms with E-state index in [9.17, 15) is 4.79 Å². The van der Waals surface area contributed by atoms with E-state index in [4.69, 9.17) is 9.47 Å². The largest absolute Gasteiger partial charge is 0.481 e. The first-order valence-electron chi connectivity index (χ1n) is 5.47. The number of methoxy groups -OCH3 is 1. The van der Waals surface area contributed by atoms with Crippen molar-refractivity contribution in [2.24, 2.45) is 0 Å². The van der Waals surface area contributed by atoms with E-state index in [1.165, 1.54) is 10.9 Å². The van der Waals surface area contributed by atoms with E-state index in [2.05, 4.69) is 10.1 Å². The normalized spacial score (nSPS) is 10.1. The molecular weight excluding hydrogens is 234 g/mol. The fourth-order valence-corrected chi connectivity index (χ4v) is 1.41. The van der Waals surface area contributed by atoms with Crippen LogP contribution in [0.25, 0.3) is 5.82 Å². The minimum absolute atomic E-state index is 0.335. The van der Waals surface area contributed by atoms with Crippen LogP contribution in [-0.4, -0.2) is 34.5 Å². The Bertz CT molecular complexity index is 551. The van der Waals surface area contributed by atoms with Crippen LogP contribution < -0.4 is 4.74 Å². The van der Waals surface area contributed by atoms with Gasteiger partial charge in [0.25, 0.3) is 0 Å². The summed E-state index contributed by atoms with van der Waals surface area (Å²) in [5.41, 5.74) is 0.390. The van der Waals surface area contributed by atoms with Gasteiger partial charge in [0.2, 0.25) is 5.88 Å². The zero-order valence-electron chi connectivity index (χ0n) is 10.2. The molecule has 0 radical (unpaired) electrons. The summed E-state index contributed by atoms with van der Waals surface area (Å²) in [6, 6.07) is 5.30. The Morgan fingerprint density at radius 3 is 3.00 bits per heavy atom. The zero-order chi connectivity index (χ0) is 13.0. The molecule has 18 heavy (non-hydrogen) atoms. The van der Waals surface area contributed by atoms with Crippen LogP contribution in [0, 0.1) is 0 Å². The Labute approximate surface area is 104 Å². The van der Waals surface area contributed by atoms with Gasteiger partial charge in [0.05, 0.1) is 25.5 Å². The van der Waals surface area contributed by atoms with Crippen molar-refractivity contribution in [1.82, 2.24) is 14.8 Å². The van der Waals surface area contributed by atoms with Crippen molar-refractivity contribution in [2.75, 3.05) is 13.7 Å². The molecule has 0 unspecified atom stereocenters. The lowest BCUT2D eigenvalue weighted by Gasteiger charge is -2.02. The van der Waals surface area contributed by atoms with Crippen LogP contribution in [0.4, 0.5) is 0 Å². The van der Waals surface area contributed by atoms with Gasteiger partial charge >= 0.3 is 5.97 Å². The first-order chi connectivity index (χ1) is 8.74. The molecule has 0 aromatic carbocycles. The van der Waals surface area contributed by atoms with Crippen LogP contribution >= 0.6 is 0 Å². The van der Waals surface area contributed by atoms with Crippen molar-refractivity contribution in [2.45, 2.75) is 6.92 Å². The molecule has 6 nitrogen and oxygen atoms in total. The van der Waals surface area contributed by atoms with Gasteiger partial charge in [-0.15, -0.1) is 0 Å². The van der Waals surface area contributed by atoms with Gasteiger partial charge in [0.15, 0.2) is 5.82 Å². The number of esters is 1. The number of ether oxygens (including phenoxy) is 2. The fourth-order valence-electron chi connectivity index (χ4n) is 1.41. The van der Waals surface area contributed by atoms with Crippen LogP contribution in [0.15, 0.2) is 30.6 Å². The quantitative estimate of drug-likeness (QED) is 0.765. The third-order valence-electron chi connectivity index (χ3n) is 2.25. The van der Waals surface area contributed by atoms with Gasteiger partial charge in [-0.2, -0.15) is 10.1 Å². The topological polar surface area (TPSA) is 66.2 Å². The Kier molecular flexibility index (Phi) is 3.57. The van der Waals surface area contributed by atoms with Crippen LogP contribution in [0.1, 0.15) is 17.3 Å². The molecule has 2 aromatic heterocycles. The lowest BCUT2D eigenvalue weighted by molar-refractivity contribution is 0.0526. The summed E-state index contributed by atoms with van der Waals surface area (Å²) < 4.78 is 11.4. The third kappa shape index (κ3) is 2.48. The lowest BCUT2D eigenvalue weighted by atomic mass is 10.4. The average Bonchev–Trinajstić information content (AvgIpc) is 2.89. The SMILES string of the molecule is CCOC(=O)c1cnn(-c2cccc(OC)n2)c1. The van der Waals surface area contributed by atoms with Gasteiger partial charge in [0.1, 0.15) is 0 Å². The number of aromatic nitrogens is 3. The van der Waals surface area contributed by atoms with Gasteiger partial charge in [-0.3, -0.25) is 0 Å². The first kappa shape index (κ1) is 12.1. The second-order valence-corrected chi connectivity index (χ2v) is 3.43. The minimum Gasteiger partial charge on any atom is -0.481 e. The molecular formula is C12H13N3O3. The Balaban J connectivity index is 2.26. The molecule has 0 atom stereocenters. The Morgan fingerprint density at radius 1 is 1.44 bits per heavy atom. The van der Waals surface area contributed by atoms with Gasteiger partial charge in [-0.1, -0.05) is 6.07 Å². The minimum atomic E-state index is -0.397. The fraction of sp³-hybridized carbons (Fsp3) is 0.250. The van der Waals surface area contributed by atoms with Crippen molar-refractivity contribution in [3.8, 4) is 11.7 Å². The number of nitrogens with zero attached hydrogens (tertiary/aromatic N) is 3. The molecule has 2 aromatic rings. The Morgan fingerprint density at radius 2 is 2.28 bits per heavy atom. The Hall–Kier alpha value is -2.37. The maximum absolute atomic E-state index is 11.5. The van der Waals surface area contributed by atoms with Crippen molar-refractivity contribution >= 4 is 5.97 Å². The van der Waals surface area contributed by atoms with E-state index in [0.717, 1.165) is 0 Å². The van der Waals surface area contributed by atoms with Gasteiger partial charge in [-0.05, 0) is 13.0 Å². The summed E-state index contributed by atoms with van der Waals surface area (Å²) in [7, 11) is 1.54. The highest BCUT2D eigenvalue weighted by atomic mass is 16.5. The molecule has 0 aliphatic heterocycles. The van der Waals surface area contributed by atoms with E-state index < -0.39 is 5.97 Å². The molecule has 0 aliphatic rings. The predicted molar refractivity (Wildman–Crippen MR) is 63.9 cm³/mol. The van der Waals surface area contributed by atoms with Gasteiger partial charge < -0.3 is 9.47 Å². The summed E-state index contributed by atoms with van der Waals surface area (Å²) in [5, 5.41) is 4.06. The van der Waals surface area contributed by atoms with Crippen molar-refractivity contribution in [3.63, 3.8) is 0 Å². The second kappa shape index (κ2) is 5.31. The molecule has 0 amide bonds. The summed E-state index contributed by atoms with van der Waals surface area (Å²) in [6.07, 6.45) is 3.01. The zero-order valence-corrected chi connectivity index (χ0v) is 10.2. The van der Waals surface area contributed by atoms with Crippen LogP contribution in [0.2, 0.25) is 0 Å². The predicted octanol–water partition coefficient (Wildman–Crippen LogP) is 1.45. The number of hydrogen-bond donors (Lipinski definition) is 0. The summed E-state index contributed by atoms with van der Waals surface area (Å²) in [4.78, 5) is 15.7. The number of hydrogen-bond acceptors (Lipinski definition) is 5. The molecule has 2 heterocycles. The van der Waals surface area contributed by atoms with E-state index in [0.29, 0.717) is 23.9 Å². The molecule has 6 heteroatoms. The van der Waals surface area contributed by atoms with Gasteiger partial charge in [-0.25, -0.2) is 9.48 Å². The van der Waals surface area contributed by atoms with Crippen molar-refractivity contribution in [3.05, 3.63) is 36.2 Å². The van der Waals surface area contributed by atoms with E-state index >= 15 is 0 Å².